The van der Waals surface area contributed by atoms with Crippen molar-refractivity contribution < 1.29 is 33.8 Å². The van der Waals surface area contributed by atoms with Gasteiger partial charge in [0.05, 0.1) is 38.9 Å². The molecule has 0 atom stereocenters. The topological polar surface area (TPSA) is 129 Å². The number of nitro groups is 1. The molecule has 0 unspecified atom stereocenters. The molecule has 0 aliphatic rings. The molecule has 0 heterocycles. The Kier molecular flexibility index (Phi) is 8.71. The van der Waals surface area contributed by atoms with Crippen LogP contribution in [0.5, 0.6) is 28.7 Å². The molecule has 0 radical (unpaired) electrons. The number of carbonyl (C=O) groups excluding carboxylic acids is 1. The Labute approximate surface area is 213 Å². The third kappa shape index (κ3) is 6.17. The quantitative estimate of drug-likeness (QED) is 0.0887. The molecule has 0 bridgehead atoms. The first-order valence-electron chi connectivity index (χ1n) is 10.9. The largest absolute Gasteiger partial charge is 0.504 e. The smallest absolute Gasteiger partial charge is 0.280 e. The fraction of sp³-hybridized carbons (Fsp3) is 0.148. The number of carbonyl (C=O) groups is 1. The number of para-hydroxylation sites is 1. The van der Waals surface area contributed by atoms with Crippen molar-refractivity contribution in [2.45, 2.75) is 0 Å². The van der Waals surface area contributed by atoms with Crippen LogP contribution < -0.4 is 24.3 Å². The number of ether oxygens (including phenoxy) is 4. The van der Waals surface area contributed by atoms with E-state index in [2.05, 4.69) is 5.32 Å². The number of methoxy groups -OCH3 is 4. The zero-order valence-corrected chi connectivity index (χ0v) is 20.7. The van der Waals surface area contributed by atoms with Crippen LogP contribution in [0, 0.1) is 10.1 Å². The lowest BCUT2D eigenvalue weighted by Crippen LogP contribution is -2.02. The van der Waals surface area contributed by atoms with Crippen LogP contribution in [-0.2, 0) is 0 Å². The summed E-state index contributed by atoms with van der Waals surface area (Å²) in [6, 6.07) is 12.3. The summed E-state index contributed by atoms with van der Waals surface area (Å²) in [7, 11) is 5.97. The van der Waals surface area contributed by atoms with Crippen molar-refractivity contribution in [3.8, 4) is 28.7 Å². The lowest BCUT2D eigenvalue weighted by molar-refractivity contribution is -0.385. The average molecular weight is 507 g/mol. The minimum Gasteiger partial charge on any atom is -0.504 e. The van der Waals surface area contributed by atoms with Gasteiger partial charge in [0, 0.05) is 35.7 Å². The van der Waals surface area contributed by atoms with Crippen LogP contribution in [0.4, 0.5) is 11.4 Å². The summed E-state index contributed by atoms with van der Waals surface area (Å²) in [5, 5.41) is 24.5. The third-order valence-electron chi connectivity index (χ3n) is 5.33. The van der Waals surface area contributed by atoms with E-state index in [0.717, 1.165) is 5.56 Å². The molecule has 10 nitrogen and oxygen atoms in total. The maximum atomic E-state index is 12.6. The van der Waals surface area contributed by atoms with Crippen molar-refractivity contribution >= 4 is 29.3 Å². The van der Waals surface area contributed by atoms with Gasteiger partial charge in [0.25, 0.3) is 5.69 Å². The van der Waals surface area contributed by atoms with Crippen LogP contribution in [0.1, 0.15) is 21.5 Å². The number of hydrogen-bond donors (Lipinski definition) is 2. The summed E-state index contributed by atoms with van der Waals surface area (Å²) in [4.78, 5) is 23.2. The van der Waals surface area contributed by atoms with Crippen molar-refractivity contribution in [1.29, 1.82) is 0 Å². The van der Waals surface area contributed by atoms with Crippen LogP contribution in [0.2, 0.25) is 0 Å². The number of allylic oxidation sites excluding steroid dienone is 1. The summed E-state index contributed by atoms with van der Waals surface area (Å²) in [5.41, 5.74) is 1.49. The number of nitro benzene ring substituents is 1. The average Bonchev–Trinajstić information content (AvgIpc) is 2.91. The summed E-state index contributed by atoms with van der Waals surface area (Å²) in [6.45, 7) is 0. The highest BCUT2D eigenvalue weighted by atomic mass is 16.6. The molecule has 10 heteroatoms. The van der Waals surface area contributed by atoms with Crippen molar-refractivity contribution in [3.63, 3.8) is 0 Å². The van der Waals surface area contributed by atoms with Gasteiger partial charge in [-0.2, -0.15) is 0 Å². The molecule has 0 saturated carbocycles. The number of hydrogen-bond acceptors (Lipinski definition) is 9. The molecular weight excluding hydrogens is 480 g/mol. The Morgan fingerprint density at radius 2 is 1.57 bits per heavy atom. The van der Waals surface area contributed by atoms with E-state index in [1.54, 1.807) is 36.4 Å². The monoisotopic (exact) mass is 506 g/mol. The molecule has 0 aromatic heterocycles. The fourth-order valence-electron chi connectivity index (χ4n) is 3.53. The number of rotatable bonds is 11. The van der Waals surface area contributed by atoms with E-state index in [9.17, 15) is 20.0 Å². The molecule has 3 aromatic rings. The lowest BCUT2D eigenvalue weighted by atomic mass is 10.1. The SMILES string of the molecule is COc1cc(NC=CC(=O)c2ccccc2[N+](=O)[O-])c(C=Cc2cc(OC)c(OC)c(OC)c2)cc1O. The van der Waals surface area contributed by atoms with Crippen molar-refractivity contribution in [2.75, 3.05) is 33.8 Å². The molecule has 0 aliphatic carbocycles. The Bertz CT molecular complexity index is 1340. The predicted octanol–water partition coefficient (Wildman–Crippen LogP) is 5.31. The lowest BCUT2D eigenvalue weighted by Gasteiger charge is -2.13. The number of phenols is 1. The first kappa shape index (κ1) is 26.6. The second-order valence-electron chi connectivity index (χ2n) is 7.52. The van der Waals surface area contributed by atoms with E-state index in [4.69, 9.17) is 18.9 Å². The minimum absolute atomic E-state index is 0.0312. The maximum absolute atomic E-state index is 12.6. The summed E-state index contributed by atoms with van der Waals surface area (Å²) in [6.07, 6.45) is 6.06. The van der Waals surface area contributed by atoms with Crippen molar-refractivity contribution in [3.05, 3.63) is 87.6 Å². The number of ketones is 1. The summed E-state index contributed by atoms with van der Waals surface area (Å²) >= 11 is 0. The van der Waals surface area contributed by atoms with E-state index >= 15 is 0 Å². The van der Waals surface area contributed by atoms with E-state index in [1.807, 2.05) is 0 Å². The van der Waals surface area contributed by atoms with Crippen molar-refractivity contribution in [2.24, 2.45) is 0 Å². The molecule has 2 N–H and O–H groups in total. The first-order valence-corrected chi connectivity index (χ1v) is 10.9. The molecule has 37 heavy (non-hydrogen) atoms. The molecule has 0 spiro atoms. The second-order valence-corrected chi connectivity index (χ2v) is 7.52. The predicted molar refractivity (Wildman–Crippen MR) is 140 cm³/mol. The zero-order valence-electron chi connectivity index (χ0n) is 20.7. The fourth-order valence-corrected chi connectivity index (χ4v) is 3.53. The van der Waals surface area contributed by atoms with Gasteiger partial charge in [0.1, 0.15) is 0 Å². The number of phenolic OH excluding ortho intramolecular Hbond substituents is 1. The molecule has 192 valence electrons. The number of benzene rings is 3. The van der Waals surface area contributed by atoms with Gasteiger partial charge in [-0.1, -0.05) is 24.3 Å². The van der Waals surface area contributed by atoms with Gasteiger partial charge in [-0.15, -0.1) is 0 Å². The third-order valence-corrected chi connectivity index (χ3v) is 5.33. The molecule has 0 aliphatic heterocycles. The highest BCUT2D eigenvalue weighted by Crippen LogP contribution is 2.39. The van der Waals surface area contributed by atoms with Crippen LogP contribution in [0.3, 0.4) is 0 Å². The zero-order chi connectivity index (χ0) is 26.9. The van der Waals surface area contributed by atoms with E-state index in [0.29, 0.717) is 28.5 Å². The van der Waals surface area contributed by atoms with E-state index in [1.165, 1.54) is 65.0 Å². The van der Waals surface area contributed by atoms with Gasteiger partial charge < -0.3 is 29.4 Å². The molecular formula is C27H26N2O8. The summed E-state index contributed by atoms with van der Waals surface area (Å²) < 4.78 is 21.3. The molecule has 3 aromatic carbocycles. The molecule has 0 fully saturated rings. The van der Waals surface area contributed by atoms with Crippen LogP contribution in [0.15, 0.2) is 60.8 Å². The van der Waals surface area contributed by atoms with Crippen LogP contribution in [-0.4, -0.2) is 44.3 Å². The highest BCUT2D eigenvalue weighted by Gasteiger charge is 2.17. The van der Waals surface area contributed by atoms with E-state index in [-0.39, 0.29) is 22.7 Å². The highest BCUT2D eigenvalue weighted by molar-refractivity contribution is 6.07. The normalized spacial score (nSPS) is 10.9. The number of nitrogens with zero attached hydrogens (tertiary/aromatic N) is 1. The van der Waals surface area contributed by atoms with Gasteiger partial charge in [0.15, 0.2) is 28.8 Å². The van der Waals surface area contributed by atoms with Gasteiger partial charge in [-0.05, 0) is 29.8 Å². The van der Waals surface area contributed by atoms with Gasteiger partial charge in [-0.3, -0.25) is 14.9 Å². The first-order chi connectivity index (χ1) is 17.8. The Balaban J connectivity index is 1.92. The maximum Gasteiger partial charge on any atom is 0.280 e. The van der Waals surface area contributed by atoms with Gasteiger partial charge >= 0.3 is 0 Å². The number of anilines is 1. The molecule has 0 saturated heterocycles. The minimum atomic E-state index is -0.606. The van der Waals surface area contributed by atoms with Gasteiger partial charge in [-0.25, -0.2) is 0 Å². The van der Waals surface area contributed by atoms with E-state index < -0.39 is 10.7 Å². The Morgan fingerprint density at radius 3 is 2.16 bits per heavy atom. The second kappa shape index (κ2) is 12.1. The van der Waals surface area contributed by atoms with Crippen LogP contribution >= 0.6 is 0 Å². The van der Waals surface area contributed by atoms with Crippen LogP contribution in [0.25, 0.3) is 12.2 Å². The molecule has 0 amide bonds. The Morgan fingerprint density at radius 1 is 0.919 bits per heavy atom. The molecule has 3 rings (SSSR count). The standard InChI is InChI=1S/C27H26N2O8/c1-34-24-16-20(28-12-11-22(30)19-7-5-6-8-21(19)29(32)33)18(15-23(24)31)10-9-17-13-25(35-2)27(37-4)26(14-17)36-3/h5-16,28,31H,1-4H3. The van der Waals surface area contributed by atoms with Crippen molar-refractivity contribution in [1.82, 2.24) is 0 Å². The summed E-state index contributed by atoms with van der Waals surface area (Å²) in [5.74, 6) is 1.01. The number of nitrogens with one attached hydrogen (secondary N) is 1. The number of aromatic hydroxyl groups is 1. The van der Waals surface area contributed by atoms with Gasteiger partial charge in [0.2, 0.25) is 5.75 Å². The Hall–Kier alpha value is -4.99.